The van der Waals surface area contributed by atoms with Gasteiger partial charge in [0, 0.05) is 37.0 Å². The minimum absolute atomic E-state index is 0.0266. The van der Waals surface area contributed by atoms with E-state index in [1.807, 2.05) is 13.1 Å². The Morgan fingerprint density at radius 1 is 1.38 bits per heavy atom. The molecule has 1 spiro atoms. The van der Waals surface area contributed by atoms with Crippen LogP contribution in [0.25, 0.3) is 0 Å². The van der Waals surface area contributed by atoms with E-state index in [9.17, 15) is 0 Å². The molecule has 0 bridgehead atoms. The Hall–Kier alpha value is -1.26. The highest BCUT2D eigenvalue weighted by Gasteiger charge is 2.44. The summed E-state index contributed by atoms with van der Waals surface area (Å²) in [6.07, 6.45) is 3.21. The van der Waals surface area contributed by atoms with Gasteiger partial charge in [-0.15, -0.1) is 0 Å². The quantitative estimate of drug-likeness (QED) is 0.908. The Morgan fingerprint density at radius 3 is 2.86 bits per heavy atom. The van der Waals surface area contributed by atoms with Gasteiger partial charge in [-0.2, -0.15) is 0 Å². The summed E-state index contributed by atoms with van der Waals surface area (Å²) in [6, 6.07) is 7.04. The molecule has 3 unspecified atom stereocenters. The van der Waals surface area contributed by atoms with E-state index in [-0.39, 0.29) is 5.60 Å². The Bertz CT molecular complexity index is 520. The number of rotatable bonds is 2. The zero-order valence-electron chi connectivity index (χ0n) is 13.5. The average molecular weight is 290 g/mol. The van der Waals surface area contributed by atoms with Crippen LogP contribution in [0, 0.1) is 0 Å². The molecular formula is C17H26N2O2. The van der Waals surface area contributed by atoms with Gasteiger partial charge in [-0.1, -0.05) is 0 Å². The number of hydrogen-bond donors (Lipinski definition) is 1. The number of benzene rings is 1. The van der Waals surface area contributed by atoms with Crippen molar-refractivity contribution in [3.05, 3.63) is 23.8 Å². The van der Waals surface area contributed by atoms with Gasteiger partial charge in [-0.05, 0) is 45.6 Å². The molecule has 0 radical (unpaired) electrons. The van der Waals surface area contributed by atoms with Gasteiger partial charge < -0.3 is 19.7 Å². The van der Waals surface area contributed by atoms with Crippen molar-refractivity contribution in [1.29, 1.82) is 0 Å². The molecule has 1 N–H and O–H groups in total. The van der Waals surface area contributed by atoms with Crippen LogP contribution >= 0.6 is 0 Å². The van der Waals surface area contributed by atoms with Gasteiger partial charge in [0.25, 0.3) is 0 Å². The number of nitrogens with zero attached hydrogens (tertiary/aromatic N) is 1. The monoisotopic (exact) mass is 290 g/mol. The lowest BCUT2D eigenvalue weighted by atomic mass is 9.78. The summed E-state index contributed by atoms with van der Waals surface area (Å²) in [5.74, 6) is 1.91. The fourth-order valence-corrected chi connectivity index (χ4v) is 3.71. The number of ether oxygens (including phenoxy) is 2. The van der Waals surface area contributed by atoms with Gasteiger partial charge in [0.1, 0.15) is 17.1 Å². The summed E-state index contributed by atoms with van der Waals surface area (Å²) in [5.41, 5.74) is 1.19. The fraction of sp³-hybridized carbons (Fsp3) is 0.647. The van der Waals surface area contributed by atoms with E-state index in [4.69, 9.17) is 9.47 Å². The SMILES string of the molecule is CNC1CC2(CCN(C)C(C)C2)Oc2ccc(OC)cc21. The van der Waals surface area contributed by atoms with Crippen LogP contribution < -0.4 is 14.8 Å². The number of piperidine rings is 1. The van der Waals surface area contributed by atoms with E-state index >= 15 is 0 Å². The summed E-state index contributed by atoms with van der Waals surface area (Å²) in [7, 11) is 5.94. The van der Waals surface area contributed by atoms with Crippen LogP contribution in [-0.4, -0.2) is 44.3 Å². The van der Waals surface area contributed by atoms with Crippen LogP contribution in [0.1, 0.15) is 37.8 Å². The maximum atomic E-state index is 6.49. The standard InChI is InChI=1S/C17H26N2O2/c1-12-10-17(7-8-19(12)3)11-15(18-2)14-9-13(20-4)5-6-16(14)21-17/h5-6,9,12,15,18H,7-8,10-11H2,1-4H3. The van der Waals surface area contributed by atoms with Crippen molar-refractivity contribution in [3.8, 4) is 11.5 Å². The van der Waals surface area contributed by atoms with Crippen LogP contribution in [0.15, 0.2) is 18.2 Å². The predicted molar refractivity (Wildman–Crippen MR) is 84.1 cm³/mol. The van der Waals surface area contributed by atoms with Gasteiger partial charge in [0.15, 0.2) is 0 Å². The second-order valence-electron chi connectivity index (χ2n) is 6.52. The second-order valence-corrected chi connectivity index (χ2v) is 6.52. The highest BCUT2D eigenvalue weighted by Crippen LogP contribution is 2.46. The molecular weight excluding hydrogens is 264 g/mol. The van der Waals surface area contributed by atoms with Crippen molar-refractivity contribution in [3.63, 3.8) is 0 Å². The minimum atomic E-state index is -0.0266. The lowest BCUT2D eigenvalue weighted by Gasteiger charge is -2.48. The smallest absolute Gasteiger partial charge is 0.125 e. The van der Waals surface area contributed by atoms with Crippen LogP contribution in [-0.2, 0) is 0 Å². The highest BCUT2D eigenvalue weighted by atomic mass is 16.5. The highest BCUT2D eigenvalue weighted by molar-refractivity contribution is 5.44. The van der Waals surface area contributed by atoms with Gasteiger partial charge in [-0.3, -0.25) is 0 Å². The van der Waals surface area contributed by atoms with Gasteiger partial charge in [0.2, 0.25) is 0 Å². The van der Waals surface area contributed by atoms with Crippen molar-refractivity contribution >= 4 is 0 Å². The molecule has 1 fully saturated rings. The summed E-state index contributed by atoms with van der Waals surface area (Å²) in [6.45, 7) is 3.39. The van der Waals surface area contributed by atoms with E-state index in [0.29, 0.717) is 12.1 Å². The fourth-order valence-electron chi connectivity index (χ4n) is 3.71. The Kier molecular flexibility index (Phi) is 3.84. The molecule has 21 heavy (non-hydrogen) atoms. The third-order valence-electron chi connectivity index (χ3n) is 5.18. The Labute approximate surface area is 127 Å². The lowest BCUT2D eigenvalue weighted by molar-refractivity contribution is -0.0385. The third kappa shape index (κ3) is 2.62. The van der Waals surface area contributed by atoms with E-state index in [1.165, 1.54) is 5.56 Å². The van der Waals surface area contributed by atoms with Gasteiger partial charge in [0.05, 0.1) is 7.11 Å². The first-order chi connectivity index (χ1) is 10.1. The van der Waals surface area contributed by atoms with Gasteiger partial charge in [-0.25, -0.2) is 0 Å². The van der Waals surface area contributed by atoms with Crippen LogP contribution in [0.5, 0.6) is 11.5 Å². The lowest BCUT2D eigenvalue weighted by Crippen LogP contribution is -2.53. The topological polar surface area (TPSA) is 33.7 Å². The first kappa shape index (κ1) is 14.7. The second kappa shape index (κ2) is 5.50. The van der Waals surface area contributed by atoms with Gasteiger partial charge >= 0.3 is 0 Å². The maximum absolute atomic E-state index is 6.49. The van der Waals surface area contributed by atoms with Crippen LogP contribution in [0.2, 0.25) is 0 Å². The van der Waals surface area contributed by atoms with Crippen molar-refractivity contribution in [1.82, 2.24) is 10.2 Å². The molecule has 0 aromatic heterocycles. The molecule has 2 aliphatic rings. The average Bonchev–Trinajstić information content (AvgIpc) is 2.50. The predicted octanol–water partition coefficient (Wildman–Crippen LogP) is 2.59. The summed E-state index contributed by atoms with van der Waals surface area (Å²) in [5, 5.41) is 3.46. The summed E-state index contributed by atoms with van der Waals surface area (Å²) in [4.78, 5) is 2.42. The largest absolute Gasteiger partial charge is 0.497 e. The van der Waals surface area contributed by atoms with Crippen LogP contribution in [0.4, 0.5) is 0 Å². The molecule has 1 aromatic carbocycles. The zero-order chi connectivity index (χ0) is 15.0. The first-order valence-electron chi connectivity index (χ1n) is 7.81. The molecule has 3 atom stereocenters. The molecule has 0 amide bonds. The normalized spacial score (nSPS) is 32.6. The van der Waals surface area contributed by atoms with E-state index < -0.39 is 0 Å². The summed E-state index contributed by atoms with van der Waals surface area (Å²) >= 11 is 0. The number of methoxy groups -OCH3 is 1. The molecule has 1 aromatic rings. The first-order valence-corrected chi connectivity index (χ1v) is 7.81. The number of fused-ring (bicyclic) bond motifs is 1. The Morgan fingerprint density at radius 2 is 2.19 bits per heavy atom. The molecule has 1 saturated heterocycles. The zero-order valence-corrected chi connectivity index (χ0v) is 13.5. The third-order valence-corrected chi connectivity index (χ3v) is 5.18. The van der Waals surface area contributed by atoms with E-state index in [1.54, 1.807) is 7.11 Å². The van der Waals surface area contributed by atoms with Crippen molar-refractivity contribution in [2.24, 2.45) is 0 Å². The molecule has 0 aliphatic carbocycles. The minimum Gasteiger partial charge on any atom is -0.497 e. The molecule has 2 aliphatic heterocycles. The molecule has 4 heteroatoms. The number of hydrogen-bond acceptors (Lipinski definition) is 4. The van der Waals surface area contributed by atoms with E-state index in [2.05, 4.69) is 36.3 Å². The number of likely N-dealkylation sites (tertiary alicyclic amines) is 1. The molecule has 116 valence electrons. The van der Waals surface area contributed by atoms with E-state index in [0.717, 1.165) is 37.3 Å². The molecule has 0 saturated carbocycles. The Balaban J connectivity index is 1.92. The van der Waals surface area contributed by atoms with Crippen molar-refractivity contribution in [2.75, 3.05) is 27.7 Å². The molecule has 3 rings (SSSR count). The van der Waals surface area contributed by atoms with Crippen LogP contribution in [0.3, 0.4) is 0 Å². The molecule has 4 nitrogen and oxygen atoms in total. The van der Waals surface area contributed by atoms with Crippen molar-refractivity contribution < 1.29 is 9.47 Å². The van der Waals surface area contributed by atoms with Crippen molar-refractivity contribution in [2.45, 2.75) is 43.9 Å². The molecule has 2 heterocycles. The number of nitrogens with one attached hydrogen (secondary N) is 1. The summed E-state index contributed by atoms with van der Waals surface area (Å²) < 4.78 is 11.8. The maximum Gasteiger partial charge on any atom is 0.125 e.